The average Bonchev–Trinajstić information content (AvgIpc) is 2.69. The average molecular weight is 270 g/mol. The van der Waals surface area contributed by atoms with Crippen molar-refractivity contribution in [3.63, 3.8) is 0 Å². The summed E-state index contributed by atoms with van der Waals surface area (Å²) in [6.07, 6.45) is 1.72. The molecule has 0 aliphatic carbocycles. The van der Waals surface area contributed by atoms with Crippen LogP contribution in [0, 0.1) is 0 Å². The number of pyridine rings is 1. The van der Waals surface area contributed by atoms with Gasteiger partial charge in [-0.3, -0.25) is 0 Å². The lowest BCUT2D eigenvalue weighted by molar-refractivity contribution is 0.303. The van der Waals surface area contributed by atoms with Crippen LogP contribution in [-0.2, 0) is 6.61 Å². The molecule has 2 aromatic heterocycles. The molecule has 0 spiro atoms. The normalized spacial score (nSPS) is 10.1. The van der Waals surface area contributed by atoms with E-state index in [0.717, 1.165) is 10.4 Å². The highest BCUT2D eigenvalue weighted by Crippen LogP contribution is 2.22. The quantitative estimate of drug-likeness (QED) is 0.796. The van der Waals surface area contributed by atoms with Crippen molar-refractivity contribution in [1.29, 1.82) is 0 Å². The van der Waals surface area contributed by atoms with Gasteiger partial charge < -0.3 is 4.74 Å². The summed E-state index contributed by atoms with van der Waals surface area (Å²) in [6, 6.07) is 5.80. The Labute approximate surface area is 94.7 Å². The molecular formula is C10H8BrNOS. The SMILES string of the molecule is Brc1ncccc1OCc1ccsc1. The molecule has 0 unspecified atom stereocenters. The molecule has 0 bridgehead atoms. The van der Waals surface area contributed by atoms with Crippen molar-refractivity contribution < 1.29 is 4.74 Å². The van der Waals surface area contributed by atoms with Crippen molar-refractivity contribution in [2.24, 2.45) is 0 Å². The number of hydrogen-bond acceptors (Lipinski definition) is 3. The molecule has 0 aliphatic rings. The molecule has 0 aromatic carbocycles. The van der Waals surface area contributed by atoms with Crippen molar-refractivity contribution in [2.45, 2.75) is 6.61 Å². The molecule has 0 amide bonds. The summed E-state index contributed by atoms with van der Waals surface area (Å²) in [6.45, 7) is 0.591. The van der Waals surface area contributed by atoms with Crippen LogP contribution in [0.5, 0.6) is 5.75 Å². The fourth-order valence-corrected chi connectivity index (χ4v) is 2.03. The lowest BCUT2D eigenvalue weighted by Crippen LogP contribution is -1.94. The number of thiophene rings is 1. The summed E-state index contributed by atoms with van der Waals surface area (Å²) < 4.78 is 6.32. The van der Waals surface area contributed by atoms with Crippen LogP contribution in [0.4, 0.5) is 0 Å². The van der Waals surface area contributed by atoms with Gasteiger partial charge in [0.2, 0.25) is 0 Å². The molecule has 0 saturated heterocycles. The van der Waals surface area contributed by atoms with Gasteiger partial charge in [0.05, 0.1) is 0 Å². The van der Waals surface area contributed by atoms with Crippen LogP contribution in [0.1, 0.15) is 5.56 Å². The van der Waals surface area contributed by atoms with E-state index in [2.05, 4.69) is 32.4 Å². The largest absolute Gasteiger partial charge is 0.486 e. The van der Waals surface area contributed by atoms with Crippen LogP contribution in [0.25, 0.3) is 0 Å². The minimum atomic E-state index is 0.591. The Morgan fingerprint density at radius 1 is 1.43 bits per heavy atom. The minimum absolute atomic E-state index is 0.591. The summed E-state index contributed by atoms with van der Waals surface area (Å²) in [7, 11) is 0. The number of aromatic nitrogens is 1. The number of rotatable bonds is 3. The summed E-state index contributed by atoms with van der Waals surface area (Å²) in [5, 5.41) is 4.11. The number of halogens is 1. The molecular weight excluding hydrogens is 262 g/mol. The Hall–Kier alpha value is -0.870. The highest BCUT2D eigenvalue weighted by Gasteiger charge is 2.00. The maximum atomic E-state index is 5.58. The van der Waals surface area contributed by atoms with Crippen LogP contribution in [-0.4, -0.2) is 4.98 Å². The first-order valence-corrected chi connectivity index (χ1v) is 5.84. The number of ether oxygens (including phenoxy) is 1. The van der Waals surface area contributed by atoms with E-state index in [9.17, 15) is 0 Å². The van der Waals surface area contributed by atoms with E-state index in [4.69, 9.17) is 4.74 Å². The van der Waals surface area contributed by atoms with Crippen molar-refractivity contribution in [1.82, 2.24) is 4.98 Å². The van der Waals surface area contributed by atoms with E-state index in [-0.39, 0.29) is 0 Å². The Balaban J connectivity index is 2.02. The summed E-state index contributed by atoms with van der Waals surface area (Å²) in [5.74, 6) is 0.777. The van der Waals surface area contributed by atoms with Gasteiger partial charge >= 0.3 is 0 Å². The van der Waals surface area contributed by atoms with E-state index in [0.29, 0.717) is 6.61 Å². The molecule has 0 saturated carbocycles. The van der Waals surface area contributed by atoms with Crippen LogP contribution in [0.15, 0.2) is 39.8 Å². The Bertz CT molecular complexity index is 402. The Kier molecular flexibility index (Phi) is 3.16. The minimum Gasteiger partial charge on any atom is -0.486 e. The molecule has 2 heterocycles. The van der Waals surface area contributed by atoms with Crippen LogP contribution in [0.2, 0.25) is 0 Å². The van der Waals surface area contributed by atoms with Gasteiger partial charge in [0, 0.05) is 6.20 Å². The van der Waals surface area contributed by atoms with Gasteiger partial charge in [0.25, 0.3) is 0 Å². The molecule has 0 aliphatic heterocycles. The smallest absolute Gasteiger partial charge is 0.152 e. The molecule has 72 valence electrons. The van der Waals surface area contributed by atoms with Crippen LogP contribution in [0.3, 0.4) is 0 Å². The first-order chi connectivity index (χ1) is 6.86. The van der Waals surface area contributed by atoms with E-state index < -0.39 is 0 Å². The third kappa shape index (κ3) is 2.33. The van der Waals surface area contributed by atoms with E-state index in [1.54, 1.807) is 17.5 Å². The lowest BCUT2D eigenvalue weighted by atomic mass is 10.4. The third-order valence-corrected chi connectivity index (χ3v) is 3.03. The van der Waals surface area contributed by atoms with Crippen molar-refractivity contribution in [2.75, 3.05) is 0 Å². The van der Waals surface area contributed by atoms with E-state index in [1.807, 2.05) is 17.5 Å². The van der Waals surface area contributed by atoms with Gasteiger partial charge in [-0.1, -0.05) is 0 Å². The summed E-state index contributed by atoms with van der Waals surface area (Å²) in [5.41, 5.74) is 1.19. The predicted octanol–water partition coefficient (Wildman–Crippen LogP) is 3.48. The molecule has 0 radical (unpaired) electrons. The Morgan fingerprint density at radius 2 is 2.36 bits per heavy atom. The molecule has 2 rings (SSSR count). The monoisotopic (exact) mass is 269 g/mol. The molecule has 4 heteroatoms. The molecule has 0 fully saturated rings. The summed E-state index contributed by atoms with van der Waals surface area (Å²) in [4.78, 5) is 4.07. The van der Waals surface area contributed by atoms with Crippen molar-refractivity contribution >= 4 is 27.3 Å². The zero-order chi connectivity index (χ0) is 9.80. The maximum Gasteiger partial charge on any atom is 0.152 e. The Morgan fingerprint density at radius 3 is 3.07 bits per heavy atom. The molecule has 0 atom stereocenters. The number of nitrogens with zero attached hydrogens (tertiary/aromatic N) is 1. The predicted molar refractivity (Wildman–Crippen MR) is 60.6 cm³/mol. The number of hydrogen-bond donors (Lipinski definition) is 0. The second-order valence-electron chi connectivity index (χ2n) is 2.71. The first-order valence-electron chi connectivity index (χ1n) is 4.10. The van der Waals surface area contributed by atoms with Crippen molar-refractivity contribution in [3.05, 3.63) is 45.3 Å². The van der Waals surface area contributed by atoms with Gasteiger partial charge in [0.15, 0.2) is 5.75 Å². The second-order valence-corrected chi connectivity index (χ2v) is 4.24. The highest BCUT2D eigenvalue weighted by atomic mass is 79.9. The van der Waals surface area contributed by atoms with Crippen molar-refractivity contribution in [3.8, 4) is 5.75 Å². The second kappa shape index (κ2) is 4.57. The zero-order valence-electron chi connectivity index (χ0n) is 7.31. The van der Waals surface area contributed by atoms with Gasteiger partial charge in [-0.05, 0) is 50.5 Å². The molecule has 14 heavy (non-hydrogen) atoms. The first kappa shape index (κ1) is 9.68. The zero-order valence-corrected chi connectivity index (χ0v) is 9.72. The van der Waals surface area contributed by atoms with Crippen LogP contribution >= 0.6 is 27.3 Å². The highest BCUT2D eigenvalue weighted by molar-refractivity contribution is 9.10. The van der Waals surface area contributed by atoms with E-state index in [1.165, 1.54) is 5.56 Å². The van der Waals surface area contributed by atoms with Crippen LogP contribution < -0.4 is 4.74 Å². The molecule has 0 N–H and O–H groups in total. The maximum absolute atomic E-state index is 5.58. The lowest BCUT2D eigenvalue weighted by Gasteiger charge is -2.05. The summed E-state index contributed by atoms with van der Waals surface area (Å²) >= 11 is 5.00. The van der Waals surface area contributed by atoms with Gasteiger partial charge in [0.1, 0.15) is 11.2 Å². The standard InChI is InChI=1S/C10H8BrNOS/c11-10-9(2-1-4-12-10)13-6-8-3-5-14-7-8/h1-5,7H,6H2. The fraction of sp³-hybridized carbons (Fsp3) is 0.100. The topological polar surface area (TPSA) is 22.1 Å². The van der Waals surface area contributed by atoms with Gasteiger partial charge in [-0.15, -0.1) is 0 Å². The third-order valence-electron chi connectivity index (χ3n) is 1.70. The van der Waals surface area contributed by atoms with Gasteiger partial charge in [-0.25, -0.2) is 4.98 Å². The molecule has 2 aromatic rings. The molecule has 2 nitrogen and oxygen atoms in total. The van der Waals surface area contributed by atoms with Gasteiger partial charge in [-0.2, -0.15) is 11.3 Å². The fourth-order valence-electron chi connectivity index (χ4n) is 1.01. The van der Waals surface area contributed by atoms with E-state index >= 15 is 0 Å².